The third kappa shape index (κ3) is 4.46. The normalized spacial score (nSPS) is 18.8. The van der Waals surface area contributed by atoms with E-state index in [1.807, 2.05) is 0 Å². The van der Waals surface area contributed by atoms with E-state index in [4.69, 9.17) is 0 Å². The van der Waals surface area contributed by atoms with Crippen LogP contribution in [0.5, 0.6) is 0 Å². The van der Waals surface area contributed by atoms with Crippen molar-refractivity contribution in [2.45, 2.75) is 23.9 Å². The van der Waals surface area contributed by atoms with Crippen molar-refractivity contribution in [3.05, 3.63) is 233 Å². The van der Waals surface area contributed by atoms with Crippen molar-refractivity contribution in [3.63, 3.8) is 0 Å². The van der Waals surface area contributed by atoms with Crippen LogP contribution in [0.3, 0.4) is 0 Å². The van der Waals surface area contributed by atoms with Crippen molar-refractivity contribution < 1.29 is 0 Å². The molecule has 12 rings (SSSR count). The smallest absolute Gasteiger partial charge is 0.0864 e. The first-order chi connectivity index (χ1) is 27.8. The lowest BCUT2D eigenvalue weighted by molar-refractivity contribution is 0.203. The van der Waals surface area contributed by atoms with Gasteiger partial charge in [-0.05, 0) is 73.3 Å². The fourth-order valence-corrected chi connectivity index (χ4v) is 10.1. The van der Waals surface area contributed by atoms with Gasteiger partial charge in [-0.3, -0.25) is 16.0 Å². The van der Waals surface area contributed by atoms with Gasteiger partial charge < -0.3 is 4.57 Å². The number of fused-ring (bicyclic) bond motifs is 12. The van der Waals surface area contributed by atoms with Gasteiger partial charge in [-0.15, -0.1) is 0 Å². The molecule has 3 aliphatic rings. The molecule has 9 aromatic rings. The van der Waals surface area contributed by atoms with Gasteiger partial charge in [-0.1, -0.05) is 182 Å². The summed E-state index contributed by atoms with van der Waals surface area (Å²) in [4.78, 5) is 0. The maximum Gasteiger partial charge on any atom is 0.0864 e. The first kappa shape index (κ1) is 31.8. The number of nitrogens with zero attached hydrogens (tertiary/aromatic N) is 1. The molecule has 266 valence electrons. The highest BCUT2D eigenvalue weighted by molar-refractivity contribution is 6.13. The molecule has 3 heterocycles. The van der Waals surface area contributed by atoms with E-state index in [1.54, 1.807) is 0 Å². The fourth-order valence-electron chi connectivity index (χ4n) is 10.1. The highest BCUT2D eigenvalue weighted by atomic mass is 15.4. The Balaban J connectivity index is 1.01. The van der Waals surface area contributed by atoms with E-state index in [0.717, 1.165) is 0 Å². The second-order valence-electron chi connectivity index (χ2n) is 15.4. The predicted molar refractivity (Wildman–Crippen MR) is 228 cm³/mol. The van der Waals surface area contributed by atoms with Crippen molar-refractivity contribution in [2.24, 2.45) is 0 Å². The van der Waals surface area contributed by atoms with Gasteiger partial charge in [0.1, 0.15) is 0 Å². The third-order valence-electron chi connectivity index (χ3n) is 12.5. The molecule has 4 nitrogen and oxygen atoms in total. The summed E-state index contributed by atoms with van der Waals surface area (Å²) in [6.07, 6.45) is -0.0767. The van der Waals surface area contributed by atoms with E-state index >= 15 is 0 Å². The molecule has 2 unspecified atom stereocenters. The number of hydrogen-bond acceptors (Lipinski definition) is 3. The van der Waals surface area contributed by atoms with Crippen LogP contribution < -0.4 is 16.0 Å². The number of rotatable bonds is 4. The Morgan fingerprint density at radius 3 is 1.52 bits per heavy atom. The molecule has 3 N–H and O–H groups in total. The summed E-state index contributed by atoms with van der Waals surface area (Å²) in [5.74, 6) is 0. The summed E-state index contributed by atoms with van der Waals surface area (Å²) in [6, 6.07) is 71.6. The number of hydrogen-bond donors (Lipinski definition) is 3. The van der Waals surface area contributed by atoms with E-state index in [0.29, 0.717) is 0 Å². The summed E-state index contributed by atoms with van der Waals surface area (Å²) in [7, 11) is 0. The second kappa shape index (κ2) is 12.2. The van der Waals surface area contributed by atoms with Crippen LogP contribution in [-0.2, 0) is 5.41 Å². The SMILES string of the molecule is c1ccc(C2NC(c3ccccc3)NC(c3ccc(-c4ccc5c(c4)-n4c6ccccc6c6cccc(c64)C54c5ccccc5-c5ccccc54)cc3)N2)cc1. The van der Waals surface area contributed by atoms with Crippen LogP contribution in [-0.4, -0.2) is 4.57 Å². The van der Waals surface area contributed by atoms with Crippen molar-refractivity contribution in [2.75, 3.05) is 0 Å². The van der Waals surface area contributed by atoms with E-state index in [-0.39, 0.29) is 18.5 Å². The topological polar surface area (TPSA) is 41.0 Å². The maximum atomic E-state index is 3.84. The molecule has 1 spiro atoms. The molecule has 1 saturated heterocycles. The van der Waals surface area contributed by atoms with Gasteiger partial charge in [0.15, 0.2) is 0 Å². The monoisotopic (exact) mass is 718 g/mol. The van der Waals surface area contributed by atoms with E-state index < -0.39 is 5.41 Å². The lowest BCUT2D eigenvalue weighted by Gasteiger charge is -2.40. The highest BCUT2D eigenvalue weighted by Crippen LogP contribution is 2.61. The minimum atomic E-state index is -0.439. The van der Waals surface area contributed by atoms with Crippen molar-refractivity contribution in [1.29, 1.82) is 0 Å². The molecule has 1 aromatic heterocycles. The molecular formula is C52H38N4. The molecule has 0 amide bonds. The standard InChI is InChI=1S/C52H38N4/c1-3-14-34(15-4-1)49-53-50(35-16-5-2-6-17-35)55-51(54-49)36-28-26-33(27-29-36)37-30-31-44-47(32-37)56-46-25-12-9-20-40(46)41-21-13-24-45(48(41)56)52(44)42-22-10-7-18-38(42)39-19-8-11-23-43(39)52/h1-32,49-51,53-55H. The molecule has 8 aromatic carbocycles. The summed E-state index contributed by atoms with van der Waals surface area (Å²) in [6.45, 7) is 0. The van der Waals surface area contributed by atoms with Crippen LogP contribution >= 0.6 is 0 Å². The number of aromatic nitrogens is 1. The molecule has 56 heavy (non-hydrogen) atoms. The Morgan fingerprint density at radius 2 is 0.875 bits per heavy atom. The van der Waals surface area contributed by atoms with Crippen molar-refractivity contribution in [1.82, 2.24) is 20.5 Å². The summed E-state index contributed by atoms with van der Waals surface area (Å²) in [5, 5.41) is 14.0. The second-order valence-corrected chi connectivity index (χ2v) is 15.4. The highest BCUT2D eigenvalue weighted by Gasteiger charge is 2.50. The molecule has 2 atom stereocenters. The lowest BCUT2D eigenvalue weighted by atomic mass is 9.65. The quantitative estimate of drug-likeness (QED) is 0.170. The van der Waals surface area contributed by atoms with Gasteiger partial charge in [-0.25, -0.2) is 0 Å². The minimum Gasteiger partial charge on any atom is -0.309 e. The molecule has 4 heteroatoms. The minimum absolute atomic E-state index is 0.0118. The third-order valence-corrected chi connectivity index (χ3v) is 12.5. The summed E-state index contributed by atoms with van der Waals surface area (Å²) < 4.78 is 2.54. The first-order valence-corrected chi connectivity index (χ1v) is 19.6. The van der Waals surface area contributed by atoms with Crippen LogP contribution in [0.25, 0.3) is 49.7 Å². The van der Waals surface area contributed by atoms with Gasteiger partial charge in [0, 0.05) is 10.8 Å². The molecule has 1 aliphatic carbocycles. The largest absolute Gasteiger partial charge is 0.309 e. The zero-order valence-electron chi connectivity index (χ0n) is 30.7. The van der Waals surface area contributed by atoms with Crippen LogP contribution in [0.4, 0.5) is 0 Å². The summed E-state index contributed by atoms with van der Waals surface area (Å²) in [5.41, 5.74) is 17.4. The maximum absolute atomic E-state index is 3.84. The Labute approximate surface area is 326 Å². The number of para-hydroxylation sites is 2. The van der Waals surface area contributed by atoms with Gasteiger partial charge in [0.25, 0.3) is 0 Å². The molecular weight excluding hydrogens is 681 g/mol. The number of benzene rings is 8. The molecule has 0 bridgehead atoms. The van der Waals surface area contributed by atoms with Gasteiger partial charge >= 0.3 is 0 Å². The van der Waals surface area contributed by atoms with E-state index in [2.05, 4.69) is 215 Å². The molecule has 2 aliphatic heterocycles. The van der Waals surface area contributed by atoms with E-state index in [1.165, 1.54) is 88.7 Å². The van der Waals surface area contributed by atoms with Gasteiger partial charge in [0.2, 0.25) is 0 Å². The Hall–Kier alpha value is -6.56. The van der Waals surface area contributed by atoms with Crippen molar-refractivity contribution in [3.8, 4) is 27.9 Å². The molecule has 0 saturated carbocycles. The predicted octanol–water partition coefficient (Wildman–Crippen LogP) is 11.3. The lowest BCUT2D eigenvalue weighted by Crippen LogP contribution is -2.54. The van der Waals surface area contributed by atoms with Crippen LogP contribution in [0.15, 0.2) is 194 Å². The average Bonchev–Trinajstić information content (AvgIpc) is 3.77. The number of nitrogens with one attached hydrogen (secondary N) is 3. The molecule has 1 fully saturated rings. The molecule has 0 radical (unpaired) electrons. The zero-order valence-corrected chi connectivity index (χ0v) is 30.7. The van der Waals surface area contributed by atoms with E-state index in [9.17, 15) is 0 Å². The fraction of sp³-hybridized carbons (Fsp3) is 0.0769. The zero-order chi connectivity index (χ0) is 36.8. The van der Waals surface area contributed by atoms with Gasteiger partial charge in [0.05, 0.1) is 40.6 Å². The van der Waals surface area contributed by atoms with Crippen LogP contribution in [0, 0.1) is 0 Å². The van der Waals surface area contributed by atoms with Crippen LogP contribution in [0.2, 0.25) is 0 Å². The Morgan fingerprint density at radius 1 is 0.375 bits per heavy atom. The Bertz CT molecular complexity index is 2870. The summed E-state index contributed by atoms with van der Waals surface area (Å²) >= 11 is 0. The van der Waals surface area contributed by atoms with Crippen molar-refractivity contribution >= 4 is 21.8 Å². The Kier molecular flexibility index (Phi) is 6.93. The first-order valence-electron chi connectivity index (χ1n) is 19.6. The average molecular weight is 719 g/mol. The van der Waals surface area contributed by atoms with Crippen LogP contribution in [0.1, 0.15) is 57.4 Å². The van der Waals surface area contributed by atoms with Gasteiger partial charge in [-0.2, -0.15) is 0 Å².